The van der Waals surface area contributed by atoms with E-state index in [2.05, 4.69) is 26.2 Å². The molecule has 5 N–H and O–H groups in total. The maximum Gasteiger partial charge on any atom is 0.246 e. The van der Waals surface area contributed by atoms with Gasteiger partial charge in [-0.3, -0.25) is 57.6 Å². The van der Waals surface area contributed by atoms with Gasteiger partial charge in [0.15, 0.2) is 0 Å². The predicted molar refractivity (Wildman–Crippen MR) is 356 cm³/mol. The predicted octanol–water partition coefficient (Wildman–Crippen LogP) is 2.35. The zero-order valence-electron chi connectivity index (χ0n) is 60.7. The Morgan fingerprint density at radius 2 is 0.978 bits per heavy atom. The highest BCUT2D eigenvalue weighted by Gasteiger charge is 2.47. The Morgan fingerprint density at radius 1 is 0.516 bits per heavy atom. The van der Waals surface area contributed by atoms with Crippen molar-refractivity contribution in [2.24, 2.45) is 35.5 Å². The van der Waals surface area contributed by atoms with Crippen molar-refractivity contribution < 1.29 is 67.3 Å². The van der Waals surface area contributed by atoms with Crippen molar-refractivity contribution in [1.82, 2.24) is 60.5 Å². The average Bonchev–Trinajstić information content (AvgIpc) is 0.828. The molecule has 0 aromatic rings. The number of rotatable bonds is 18. The minimum Gasteiger partial charge on any atom is -0.390 e. The summed E-state index contributed by atoms with van der Waals surface area (Å²) in [7, 11) is 8.50. The lowest BCUT2D eigenvalue weighted by Gasteiger charge is -2.41. The van der Waals surface area contributed by atoms with Crippen LogP contribution in [0.1, 0.15) is 150 Å². The van der Waals surface area contributed by atoms with Crippen molar-refractivity contribution in [2.45, 2.75) is 229 Å². The second-order valence-electron chi connectivity index (χ2n) is 27.6. The van der Waals surface area contributed by atoms with E-state index in [1.807, 2.05) is 41.5 Å². The van der Waals surface area contributed by atoms with Crippen LogP contribution < -0.4 is 21.3 Å². The molecule has 532 valence electrons. The van der Waals surface area contributed by atoms with E-state index in [4.69, 9.17) is 9.47 Å². The summed E-state index contributed by atoms with van der Waals surface area (Å²) in [6.45, 7) is 33.7. The number of amides is 11. The molecule has 0 saturated carbocycles. The van der Waals surface area contributed by atoms with Crippen molar-refractivity contribution in [1.29, 1.82) is 0 Å². The van der Waals surface area contributed by atoms with Gasteiger partial charge in [0, 0.05) is 74.4 Å². The second-order valence-corrected chi connectivity index (χ2v) is 27.6. The molecule has 93 heavy (non-hydrogen) atoms. The highest BCUT2D eigenvalue weighted by Crippen LogP contribution is 2.26. The number of hydrogen-bond acceptors (Lipinski definition) is 15. The number of morpholine rings is 1. The van der Waals surface area contributed by atoms with Gasteiger partial charge in [-0.2, -0.15) is 0 Å². The van der Waals surface area contributed by atoms with Gasteiger partial charge in [-0.15, -0.1) is 0 Å². The number of aliphatic hydroxyl groups excluding tert-OH is 1. The van der Waals surface area contributed by atoms with E-state index >= 15 is 28.8 Å². The molecule has 2 fully saturated rings. The number of nitrogens with zero attached hydrogens (tertiary/aromatic N) is 8. The summed E-state index contributed by atoms with van der Waals surface area (Å²) >= 11 is 0. The fraction of sp³-hybridized carbons (Fsp3) is 0.806. The van der Waals surface area contributed by atoms with Gasteiger partial charge in [-0.05, 0) is 96.8 Å². The molecule has 2 rings (SSSR count). The number of nitrogens with one attached hydrogen (secondary N) is 4. The summed E-state index contributed by atoms with van der Waals surface area (Å²) in [5, 5.41) is 23.2. The third-order valence-electron chi connectivity index (χ3n) is 18.0. The molecule has 0 aromatic heterocycles. The molecule has 2 heterocycles. The van der Waals surface area contributed by atoms with Gasteiger partial charge >= 0.3 is 0 Å². The quantitative estimate of drug-likeness (QED) is 0.123. The van der Waals surface area contributed by atoms with Gasteiger partial charge in [-0.1, -0.05) is 95.2 Å². The number of carbonyl (C=O) groups is 11. The van der Waals surface area contributed by atoms with Crippen LogP contribution in [-0.2, 0) is 62.2 Å². The van der Waals surface area contributed by atoms with Crippen LogP contribution in [0.4, 0.5) is 0 Å². The molecule has 0 spiro atoms. The molecule has 11 amide bonds. The Labute approximate surface area is 555 Å². The Balaban J connectivity index is 3.05. The Morgan fingerprint density at radius 3 is 1.46 bits per heavy atom. The van der Waals surface area contributed by atoms with E-state index in [1.165, 1.54) is 92.5 Å². The molecule has 0 aromatic carbocycles. The standard InChI is InChI=1S/C67H120N12O14/c1-25-28-43(14)56(80)55-60(84)70-48(26-2)63(87)79(27-3)46(17)62(86)76(23)54(47(18)93-34-31-78-29-32-92-33-30-78)59(83)71-52(41(10)11)66(90)72(19)49(35-38(4)5)58(82)68-44(15)57(81)69-45(16)61(85)73(20)50(36-39(6)7)64(88)74(21)51(37-40(8)9)65(89)75(22)53(42(12)13)67(91)77(55)24/h25,28,38-56,80H,26-27,29-37H2,1-24H3,(H,68,82)(H,69,81)(H,70,84)(H,71,83)/b28-25+/t43-,44+,45-,46-,47-,48+,49+,50+,51+,52+,53+,54?,55+,56-/m1/s1. The maximum absolute atomic E-state index is 15.3. The summed E-state index contributed by atoms with van der Waals surface area (Å²) in [4.78, 5) is 174. The van der Waals surface area contributed by atoms with Gasteiger partial charge in [0.05, 0.1) is 32.0 Å². The average molecular weight is 1320 g/mol. The van der Waals surface area contributed by atoms with Gasteiger partial charge in [-0.25, -0.2) is 0 Å². The van der Waals surface area contributed by atoms with E-state index in [1.54, 1.807) is 74.5 Å². The lowest BCUT2D eigenvalue weighted by atomic mass is 9.93. The van der Waals surface area contributed by atoms with Gasteiger partial charge in [0.2, 0.25) is 65.0 Å². The Kier molecular flexibility index (Phi) is 34.1. The minimum atomic E-state index is -1.66. The molecule has 1 unspecified atom stereocenters. The van der Waals surface area contributed by atoms with Crippen molar-refractivity contribution in [3.05, 3.63) is 12.2 Å². The molecule has 0 bridgehead atoms. The van der Waals surface area contributed by atoms with Crippen LogP contribution in [0.15, 0.2) is 12.2 Å². The largest absolute Gasteiger partial charge is 0.390 e. The molecular formula is C67H120N12O14. The number of likely N-dealkylation sites (N-methyl/N-ethyl adjacent to an activating group) is 7. The molecule has 14 atom stereocenters. The first-order valence-electron chi connectivity index (χ1n) is 33.6. The van der Waals surface area contributed by atoms with Crippen LogP contribution in [-0.4, -0.2) is 276 Å². The van der Waals surface area contributed by atoms with Crippen molar-refractivity contribution >= 4 is 65.0 Å². The van der Waals surface area contributed by atoms with E-state index in [9.17, 15) is 29.1 Å². The highest BCUT2D eigenvalue weighted by molar-refractivity contribution is 6.00. The SMILES string of the molecule is C/C=C/[C@@H](C)[C@@H](O)[C@H]1C(=O)N[C@@H](CC)C(=O)N(CC)[C@H](C)C(=O)N(C)C([C@@H](C)OCCN2CCOCC2)C(=O)N[C@@H](C(C)C)C(=O)N(C)[C@@H](CC(C)C)C(=O)N[C@@H](C)C(=O)N[C@H](C)C(=O)N(C)[C@@H](CC(C)C)C(=O)N(C)[C@@H](CC(C)C)C(=O)N(C)[C@@H](C(C)C)C(=O)N1C. The first-order chi connectivity index (χ1) is 43.2. The smallest absolute Gasteiger partial charge is 0.246 e. The zero-order valence-corrected chi connectivity index (χ0v) is 60.7. The Hall–Kier alpha value is -6.25. The third kappa shape index (κ3) is 22.7. The van der Waals surface area contributed by atoms with Crippen LogP contribution >= 0.6 is 0 Å². The number of hydrogen-bond donors (Lipinski definition) is 5. The first-order valence-corrected chi connectivity index (χ1v) is 33.6. The molecular weight excluding hydrogens is 1200 g/mol. The van der Waals surface area contributed by atoms with Crippen molar-refractivity contribution in [3.63, 3.8) is 0 Å². The van der Waals surface area contributed by atoms with E-state index in [-0.39, 0.29) is 56.6 Å². The van der Waals surface area contributed by atoms with Gasteiger partial charge in [0.25, 0.3) is 0 Å². The molecule has 2 aliphatic heterocycles. The molecule has 2 saturated heterocycles. The highest BCUT2D eigenvalue weighted by atomic mass is 16.5. The molecule has 0 aliphatic carbocycles. The van der Waals surface area contributed by atoms with Crippen LogP contribution in [0.3, 0.4) is 0 Å². The van der Waals surface area contributed by atoms with Crippen LogP contribution in [0, 0.1) is 35.5 Å². The summed E-state index contributed by atoms with van der Waals surface area (Å²) in [5.41, 5.74) is 0. The zero-order chi connectivity index (χ0) is 71.4. The summed E-state index contributed by atoms with van der Waals surface area (Å²) in [5.74, 6) is -10.2. The van der Waals surface area contributed by atoms with E-state index in [0.717, 1.165) is 4.90 Å². The number of carbonyl (C=O) groups excluding carboxylic acids is 11. The fourth-order valence-electron chi connectivity index (χ4n) is 12.2. The summed E-state index contributed by atoms with van der Waals surface area (Å²) < 4.78 is 11.9. The van der Waals surface area contributed by atoms with Crippen LogP contribution in [0.5, 0.6) is 0 Å². The number of allylic oxidation sites excluding steroid dienone is 1. The lowest BCUT2D eigenvalue weighted by molar-refractivity contribution is -0.157. The topological polar surface area (TPSA) is 300 Å². The van der Waals surface area contributed by atoms with Crippen molar-refractivity contribution in [3.8, 4) is 0 Å². The van der Waals surface area contributed by atoms with Crippen LogP contribution in [0.2, 0.25) is 0 Å². The van der Waals surface area contributed by atoms with Crippen molar-refractivity contribution in [2.75, 3.05) is 88.3 Å². The molecule has 26 nitrogen and oxygen atoms in total. The normalized spacial score (nSPS) is 27.9. The number of ether oxygens (including phenoxy) is 2. The minimum absolute atomic E-state index is 0.00904. The first kappa shape index (κ1) is 82.8. The molecule has 0 radical (unpaired) electrons. The lowest BCUT2D eigenvalue weighted by Crippen LogP contribution is -2.64. The fourth-order valence-corrected chi connectivity index (χ4v) is 12.2. The van der Waals surface area contributed by atoms with Gasteiger partial charge in [0.1, 0.15) is 66.5 Å². The van der Waals surface area contributed by atoms with Gasteiger partial charge < -0.3 is 70.1 Å². The number of aliphatic hydroxyl groups is 1. The summed E-state index contributed by atoms with van der Waals surface area (Å²) in [6, 6.07) is -14.2. The van der Waals surface area contributed by atoms with E-state index < -0.39 is 161 Å². The third-order valence-corrected chi connectivity index (χ3v) is 18.0. The maximum atomic E-state index is 15.3. The molecule has 2 aliphatic rings. The van der Waals surface area contributed by atoms with Crippen LogP contribution in [0.25, 0.3) is 0 Å². The second kappa shape index (κ2) is 38.3. The summed E-state index contributed by atoms with van der Waals surface area (Å²) in [6.07, 6.45) is 1.17. The Bertz CT molecular complexity index is 2540. The van der Waals surface area contributed by atoms with E-state index in [0.29, 0.717) is 32.8 Å². The molecule has 26 heteroatoms. The monoisotopic (exact) mass is 1320 g/mol.